The van der Waals surface area contributed by atoms with Crippen LogP contribution in [0.15, 0.2) is 84.9 Å². The average Bonchev–Trinajstić information content (AvgIpc) is 3.15. The summed E-state index contributed by atoms with van der Waals surface area (Å²) in [5, 5.41) is 5.45. The molecule has 1 aliphatic heterocycles. The summed E-state index contributed by atoms with van der Waals surface area (Å²) in [6.45, 7) is 0.970. The van der Waals surface area contributed by atoms with E-state index >= 15 is 0 Å². The topological polar surface area (TPSA) is 116 Å². The molecule has 190 valence electrons. The third-order valence-electron chi connectivity index (χ3n) is 5.58. The smallest absolute Gasteiger partial charge is 0.326 e. The van der Waals surface area contributed by atoms with E-state index in [2.05, 4.69) is 10.6 Å². The first-order valence-corrected chi connectivity index (χ1v) is 11.5. The van der Waals surface area contributed by atoms with Crippen molar-refractivity contribution in [3.63, 3.8) is 0 Å². The summed E-state index contributed by atoms with van der Waals surface area (Å²) in [5.41, 5.74) is 0.634. The molecule has 0 aromatic heterocycles. The maximum atomic E-state index is 13.6. The molecule has 0 radical (unpaired) electrons. The Morgan fingerprint density at radius 1 is 0.919 bits per heavy atom. The maximum Gasteiger partial charge on any atom is 0.326 e. The van der Waals surface area contributed by atoms with Gasteiger partial charge in [0.15, 0.2) is 11.3 Å². The fourth-order valence-electron chi connectivity index (χ4n) is 3.81. The lowest BCUT2D eigenvalue weighted by Gasteiger charge is -2.28. The van der Waals surface area contributed by atoms with Crippen LogP contribution >= 0.6 is 0 Å². The van der Waals surface area contributed by atoms with Crippen LogP contribution < -0.4 is 10.6 Å². The number of anilines is 1. The molecular formula is C28H28N4O5. The molecule has 1 aliphatic rings. The van der Waals surface area contributed by atoms with E-state index in [0.29, 0.717) is 22.4 Å². The number of carbonyl (C=O) groups excluding carboxylic acids is 5. The zero-order valence-corrected chi connectivity index (χ0v) is 20.8. The standard InChI is InChI=1S/C25H21N3O4.C3H7NO/c1-17(29)18-9-8-14-21(15-18)26-22(30)16-28-23(31)25(27-24(28)32,19-10-4-2-5-11-19)20-12-6-3-7-13-20;1-4(2)3-5/h2-15H,16H2,1H3,(H,26,30)(H,27,32);3H,1-2H3. The van der Waals surface area contributed by atoms with Crippen LogP contribution in [-0.4, -0.2) is 60.5 Å². The van der Waals surface area contributed by atoms with Gasteiger partial charge in [-0.05, 0) is 30.2 Å². The van der Waals surface area contributed by atoms with E-state index in [9.17, 15) is 24.0 Å². The van der Waals surface area contributed by atoms with Gasteiger partial charge < -0.3 is 15.5 Å². The van der Waals surface area contributed by atoms with Gasteiger partial charge in [0.25, 0.3) is 5.91 Å². The normalized spacial score (nSPS) is 13.6. The van der Waals surface area contributed by atoms with Crippen LogP contribution in [0.4, 0.5) is 10.5 Å². The summed E-state index contributed by atoms with van der Waals surface area (Å²) in [6.07, 6.45) is 0.750. The minimum absolute atomic E-state index is 0.134. The summed E-state index contributed by atoms with van der Waals surface area (Å²) in [6, 6.07) is 23.7. The Balaban J connectivity index is 0.000000695. The van der Waals surface area contributed by atoms with E-state index < -0.39 is 29.9 Å². The SMILES string of the molecule is CC(=O)c1cccc(NC(=O)CN2C(=O)NC(c3ccccc3)(c3ccccc3)C2=O)c1.CN(C)C=O. The van der Waals surface area contributed by atoms with E-state index in [1.807, 2.05) is 12.1 Å². The highest BCUT2D eigenvalue weighted by atomic mass is 16.2. The van der Waals surface area contributed by atoms with Gasteiger partial charge in [-0.2, -0.15) is 0 Å². The van der Waals surface area contributed by atoms with Gasteiger partial charge in [0.2, 0.25) is 12.3 Å². The number of ketones is 1. The molecule has 1 saturated heterocycles. The van der Waals surface area contributed by atoms with Gasteiger partial charge in [-0.15, -0.1) is 0 Å². The van der Waals surface area contributed by atoms with Crippen molar-refractivity contribution in [2.24, 2.45) is 0 Å². The van der Waals surface area contributed by atoms with E-state index in [4.69, 9.17) is 0 Å². The second-order valence-electron chi connectivity index (χ2n) is 8.56. The number of nitrogens with one attached hydrogen (secondary N) is 2. The summed E-state index contributed by atoms with van der Waals surface area (Å²) in [4.78, 5) is 62.4. The minimum atomic E-state index is -1.42. The molecule has 0 spiro atoms. The first-order valence-electron chi connectivity index (χ1n) is 11.5. The molecule has 5 amide bonds. The van der Waals surface area contributed by atoms with Crippen LogP contribution in [0.5, 0.6) is 0 Å². The Bertz CT molecular complexity index is 1250. The number of imide groups is 1. The number of hydrogen-bond donors (Lipinski definition) is 2. The number of benzene rings is 3. The van der Waals surface area contributed by atoms with Crippen molar-refractivity contribution in [3.05, 3.63) is 102 Å². The van der Waals surface area contributed by atoms with Gasteiger partial charge in [0.1, 0.15) is 6.54 Å². The summed E-state index contributed by atoms with van der Waals surface area (Å²) in [5.74, 6) is -1.22. The number of carbonyl (C=O) groups is 5. The molecule has 3 aromatic rings. The van der Waals surface area contributed by atoms with Crippen LogP contribution in [0, 0.1) is 0 Å². The zero-order valence-electron chi connectivity index (χ0n) is 20.8. The third kappa shape index (κ3) is 6.07. The summed E-state index contributed by atoms with van der Waals surface area (Å²) in [7, 11) is 3.38. The molecule has 0 atom stereocenters. The van der Waals surface area contributed by atoms with Crippen LogP contribution in [0.3, 0.4) is 0 Å². The zero-order chi connectivity index (χ0) is 27.0. The molecule has 0 saturated carbocycles. The Hall–Kier alpha value is -4.79. The molecular weight excluding hydrogens is 472 g/mol. The fraction of sp³-hybridized carbons (Fsp3) is 0.179. The second kappa shape index (κ2) is 11.8. The second-order valence-corrected chi connectivity index (χ2v) is 8.56. The van der Waals surface area contributed by atoms with Crippen molar-refractivity contribution in [2.75, 3.05) is 26.0 Å². The number of nitrogens with zero attached hydrogens (tertiary/aromatic N) is 2. The number of rotatable bonds is 7. The van der Waals surface area contributed by atoms with E-state index in [1.165, 1.54) is 11.8 Å². The first-order chi connectivity index (χ1) is 17.7. The molecule has 37 heavy (non-hydrogen) atoms. The summed E-state index contributed by atoms with van der Waals surface area (Å²) >= 11 is 0. The van der Waals surface area contributed by atoms with Crippen molar-refractivity contribution in [2.45, 2.75) is 12.5 Å². The Morgan fingerprint density at radius 2 is 1.46 bits per heavy atom. The van der Waals surface area contributed by atoms with Gasteiger partial charge in [-0.3, -0.25) is 24.1 Å². The molecule has 9 nitrogen and oxygen atoms in total. The number of amides is 5. The van der Waals surface area contributed by atoms with Crippen molar-refractivity contribution in [1.82, 2.24) is 15.1 Å². The van der Waals surface area contributed by atoms with E-state index in [0.717, 1.165) is 11.3 Å². The van der Waals surface area contributed by atoms with Crippen molar-refractivity contribution in [3.8, 4) is 0 Å². The Morgan fingerprint density at radius 3 is 1.95 bits per heavy atom. The van der Waals surface area contributed by atoms with Crippen LogP contribution in [0.1, 0.15) is 28.4 Å². The molecule has 0 aliphatic carbocycles. The molecule has 4 rings (SSSR count). The molecule has 0 unspecified atom stereocenters. The van der Waals surface area contributed by atoms with Crippen LogP contribution in [0.2, 0.25) is 0 Å². The van der Waals surface area contributed by atoms with Gasteiger partial charge in [0, 0.05) is 25.3 Å². The summed E-state index contributed by atoms with van der Waals surface area (Å²) < 4.78 is 0. The quantitative estimate of drug-likeness (QED) is 0.294. The van der Waals surface area contributed by atoms with E-state index in [-0.39, 0.29) is 5.78 Å². The minimum Gasteiger partial charge on any atom is -0.351 e. The molecule has 9 heteroatoms. The largest absolute Gasteiger partial charge is 0.351 e. The Labute approximate surface area is 215 Å². The predicted octanol–water partition coefficient (Wildman–Crippen LogP) is 3.03. The lowest BCUT2D eigenvalue weighted by Crippen LogP contribution is -2.45. The van der Waals surface area contributed by atoms with Crippen molar-refractivity contribution in [1.29, 1.82) is 0 Å². The highest BCUT2D eigenvalue weighted by molar-refractivity contribution is 6.12. The van der Waals surface area contributed by atoms with Gasteiger partial charge in [-0.1, -0.05) is 72.8 Å². The first kappa shape index (κ1) is 26.8. The van der Waals surface area contributed by atoms with Gasteiger partial charge >= 0.3 is 6.03 Å². The molecule has 2 N–H and O–H groups in total. The molecule has 1 heterocycles. The van der Waals surface area contributed by atoms with Crippen molar-refractivity contribution >= 4 is 35.7 Å². The van der Waals surface area contributed by atoms with E-state index in [1.54, 1.807) is 86.9 Å². The lowest BCUT2D eigenvalue weighted by atomic mass is 9.82. The number of hydrogen-bond acceptors (Lipinski definition) is 5. The third-order valence-corrected chi connectivity index (χ3v) is 5.58. The predicted molar refractivity (Wildman–Crippen MR) is 139 cm³/mol. The Kier molecular flexibility index (Phi) is 8.52. The number of Topliss-reactive ketones (excluding diaryl/α,β-unsaturated/α-hetero) is 1. The highest BCUT2D eigenvalue weighted by Gasteiger charge is 2.54. The van der Waals surface area contributed by atoms with Gasteiger partial charge in [-0.25, -0.2) is 4.79 Å². The maximum absolute atomic E-state index is 13.6. The molecule has 0 bridgehead atoms. The van der Waals surface area contributed by atoms with Gasteiger partial charge in [0.05, 0.1) is 0 Å². The molecule has 1 fully saturated rings. The highest BCUT2D eigenvalue weighted by Crippen LogP contribution is 2.35. The number of urea groups is 1. The van der Waals surface area contributed by atoms with Crippen molar-refractivity contribution < 1.29 is 24.0 Å². The lowest BCUT2D eigenvalue weighted by molar-refractivity contribution is -0.133. The fourth-order valence-corrected chi connectivity index (χ4v) is 3.81. The van der Waals surface area contributed by atoms with Crippen LogP contribution in [-0.2, 0) is 19.9 Å². The average molecular weight is 501 g/mol. The molecule has 3 aromatic carbocycles. The van der Waals surface area contributed by atoms with Crippen LogP contribution in [0.25, 0.3) is 0 Å². The monoisotopic (exact) mass is 500 g/mol.